The zero-order chi connectivity index (χ0) is 15.0. The summed E-state index contributed by atoms with van der Waals surface area (Å²) in [6.07, 6.45) is 1.79. The van der Waals surface area contributed by atoms with Crippen molar-refractivity contribution in [3.05, 3.63) is 23.8 Å². The van der Waals surface area contributed by atoms with E-state index in [2.05, 4.69) is 5.43 Å². The molecule has 0 atom stereocenters. The fourth-order valence-electron chi connectivity index (χ4n) is 1.65. The summed E-state index contributed by atoms with van der Waals surface area (Å²) in [7, 11) is 1.53. The Morgan fingerprint density at radius 2 is 2.00 bits per heavy atom. The normalized spacial score (nSPS) is 9.95. The highest BCUT2D eigenvalue weighted by molar-refractivity contribution is 5.94. The highest BCUT2D eigenvalue weighted by Crippen LogP contribution is 2.28. The fourth-order valence-corrected chi connectivity index (χ4v) is 1.65. The van der Waals surface area contributed by atoms with Gasteiger partial charge in [0.1, 0.15) is 0 Å². The van der Waals surface area contributed by atoms with Gasteiger partial charge in [0.25, 0.3) is 0 Å². The maximum atomic E-state index is 11.3. The Morgan fingerprint density at radius 1 is 1.25 bits per heavy atom. The molecule has 0 aliphatic heterocycles. The summed E-state index contributed by atoms with van der Waals surface area (Å²) in [4.78, 5) is 22.2. The number of benzene rings is 1. The molecule has 20 heavy (non-hydrogen) atoms. The molecule has 1 amide bonds. The third-order valence-electron chi connectivity index (χ3n) is 2.79. The van der Waals surface area contributed by atoms with Gasteiger partial charge in [-0.1, -0.05) is 0 Å². The number of amides is 1. The van der Waals surface area contributed by atoms with E-state index in [1.807, 2.05) is 0 Å². The van der Waals surface area contributed by atoms with Crippen LogP contribution in [0.15, 0.2) is 18.2 Å². The second-order valence-electron chi connectivity index (χ2n) is 4.29. The Bertz CT molecular complexity index is 474. The summed E-state index contributed by atoms with van der Waals surface area (Å²) in [5.74, 6) is 5.88. The van der Waals surface area contributed by atoms with Crippen LogP contribution in [0.1, 0.15) is 36.5 Å². The Labute approximate surface area is 118 Å². The monoisotopic (exact) mass is 280 g/mol. The van der Waals surface area contributed by atoms with E-state index in [-0.39, 0.29) is 11.7 Å². The van der Waals surface area contributed by atoms with Gasteiger partial charge in [0.05, 0.1) is 13.7 Å². The molecule has 0 unspecified atom stereocenters. The van der Waals surface area contributed by atoms with Crippen molar-refractivity contribution < 1.29 is 19.1 Å². The number of nitrogens with one attached hydrogen (secondary N) is 1. The van der Waals surface area contributed by atoms with E-state index in [0.29, 0.717) is 36.5 Å². The number of carbonyl (C=O) groups is 2. The molecule has 0 saturated heterocycles. The molecule has 6 nitrogen and oxygen atoms in total. The standard InChI is InChI=1S/C14H20N2O4/c1-10(17)11-6-7-12(13(9-11)19-2)20-8-4-3-5-14(18)16-15/h6-7,9H,3-5,8,15H2,1-2H3,(H,16,18). The van der Waals surface area contributed by atoms with Crippen molar-refractivity contribution in [3.63, 3.8) is 0 Å². The summed E-state index contributed by atoms with van der Waals surface area (Å²) in [6.45, 7) is 1.96. The summed E-state index contributed by atoms with van der Waals surface area (Å²) in [6, 6.07) is 5.06. The number of ketones is 1. The van der Waals surface area contributed by atoms with Crippen molar-refractivity contribution in [2.45, 2.75) is 26.2 Å². The zero-order valence-electron chi connectivity index (χ0n) is 11.8. The summed E-state index contributed by atoms with van der Waals surface area (Å²) in [5, 5.41) is 0. The fraction of sp³-hybridized carbons (Fsp3) is 0.429. The topological polar surface area (TPSA) is 90.6 Å². The van der Waals surface area contributed by atoms with E-state index in [1.165, 1.54) is 14.0 Å². The predicted molar refractivity (Wildman–Crippen MR) is 74.7 cm³/mol. The number of rotatable bonds is 8. The number of Topliss-reactive ketones (excluding diaryl/α,β-unsaturated/α-hetero) is 1. The SMILES string of the molecule is COc1cc(C(C)=O)ccc1OCCCCC(=O)NN. The molecule has 1 aromatic rings. The van der Waals surface area contributed by atoms with Gasteiger partial charge in [0.15, 0.2) is 17.3 Å². The average molecular weight is 280 g/mol. The molecule has 0 heterocycles. The van der Waals surface area contributed by atoms with Gasteiger partial charge in [0.2, 0.25) is 5.91 Å². The number of hydrogen-bond acceptors (Lipinski definition) is 5. The third kappa shape index (κ3) is 4.89. The van der Waals surface area contributed by atoms with Crippen LogP contribution in [-0.2, 0) is 4.79 Å². The number of nitrogens with two attached hydrogens (primary N) is 1. The minimum Gasteiger partial charge on any atom is -0.493 e. The van der Waals surface area contributed by atoms with Gasteiger partial charge in [-0.15, -0.1) is 0 Å². The molecule has 0 aromatic heterocycles. The average Bonchev–Trinajstić information content (AvgIpc) is 2.46. The molecule has 0 saturated carbocycles. The lowest BCUT2D eigenvalue weighted by molar-refractivity contribution is -0.121. The van der Waals surface area contributed by atoms with Crippen molar-refractivity contribution in [1.82, 2.24) is 5.43 Å². The van der Waals surface area contributed by atoms with Crippen molar-refractivity contribution in [1.29, 1.82) is 0 Å². The molecule has 1 aromatic carbocycles. The van der Waals surface area contributed by atoms with Crippen LogP contribution in [0.2, 0.25) is 0 Å². The van der Waals surface area contributed by atoms with Gasteiger partial charge < -0.3 is 9.47 Å². The molecule has 0 aliphatic carbocycles. The lowest BCUT2D eigenvalue weighted by Gasteiger charge is -2.11. The molecule has 110 valence electrons. The van der Waals surface area contributed by atoms with Crippen LogP contribution in [0, 0.1) is 0 Å². The van der Waals surface area contributed by atoms with Gasteiger partial charge in [-0.05, 0) is 38.0 Å². The van der Waals surface area contributed by atoms with Crippen LogP contribution in [0.4, 0.5) is 0 Å². The summed E-state index contributed by atoms with van der Waals surface area (Å²) < 4.78 is 10.8. The van der Waals surface area contributed by atoms with E-state index in [1.54, 1.807) is 18.2 Å². The number of methoxy groups -OCH3 is 1. The smallest absolute Gasteiger partial charge is 0.233 e. The minimum absolute atomic E-state index is 0.0253. The molecule has 0 bridgehead atoms. The largest absolute Gasteiger partial charge is 0.493 e. The van der Waals surface area contributed by atoms with E-state index < -0.39 is 0 Å². The quantitative estimate of drug-likeness (QED) is 0.247. The van der Waals surface area contributed by atoms with Gasteiger partial charge in [-0.2, -0.15) is 0 Å². The van der Waals surface area contributed by atoms with Crippen LogP contribution in [0.5, 0.6) is 11.5 Å². The van der Waals surface area contributed by atoms with Crippen LogP contribution < -0.4 is 20.7 Å². The first kappa shape index (κ1) is 16.0. The van der Waals surface area contributed by atoms with Gasteiger partial charge in [-0.25, -0.2) is 5.84 Å². The van der Waals surface area contributed by atoms with Crippen LogP contribution in [0.25, 0.3) is 0 Å². The molecule has 0 radical (unpaired) electrons. The molecule has 0 spiro atoms. The lowest BCUT2D eigenvalue weighted by atomic mass is 10.1. The highest BCUT2D eigenvalue weighted by atomic mass is 16.5. The molecule has 0 aliphatic rings. The minimum atomic E-state index is -0.187. The Hall–Kier alpha value is -2.08. The van der Waals surface area contributed by atoms with E-state index in [0.717, 1.165) is 6.42 Å². The maximum absolute atomic E-state index is 11.3. The van der Waals surface area contributed by atoms with Crippen molar-refractivity contribution in [3.8, 4) is 11.5 Å². The Morgan fingerprint density at radius 3 is 2.60 bits per heavy atom. The van der Waals surface area contributed by atoms with Crippen molar-refractivity contribution >= 4 is 11.7 Å². The first-order valence-corrected chi connectivity index (χ1v) is 6.39. The highest BCUT2D eigenvalue weighted by Gasteiger charge is 2.08. The number of hydrogen-bond donors (Lipinski definition) is 2. The van der Waals surface area contributed by atoms with Crippen LogP contribution in [-0.4, -0.2) is 25.4 Å². The van der Waals surface area contributed by atoms with Crippen LogP contribution in [0.3, 0.4) is 0 Å². The molecule has 0 fully saturated rings. The Balaban J connectivity index is 2.47. The molecular weight excluding hydrogens is 260 g/mol. The van der Waals surface area contributed by atoms with Gasteiger partial charge in [0, 0.05) is 12.0 Å². The van der Waals surface area contributed by atoms with Crippen molar-refractivity contribution in [2.75, 3.05) is 13.7 Å². The molecule has 1 rings (SSSR count). The summed E-state index contributed by atoms with van der Waals surface area (Å²) in [5.41, 5.74) is 2.65. The Kier molecular flexibility index (Phi) is 6.52. The number of carbonyl (C=O) groups excluding carboxylic acids is 2. The van der Waals surface area contributed by atoms with E-state index >= 15 is 0 Å². The van der Waals surface area contributed by atoms with Crippen LogP contribution >= 0.6 is 0 Å². The van der Waals surface area contributed by atoms with Gasteiger partial charge >= 0.3 is 0 Å². The molecular formula is C14H20N2O4. The zero-order valence-corrected chi connectivity index (χ0v) is 11.8. The second kappa shape index (κ2) is 8.16. The first-order valence-electron chi connectivity index (χ1n) is 6.39. The molecule has 3 N–H and O–H groups in total. The van der Waals surface area contributed by atoms with Crippen molar-refractivity contribution in [2.24, 2.45) is 5.84 Å². The number of unbranched alkanes of at least 4 members (excludes halogenated alkanes) is 1. The maximum Gasteiger partial charge on any atom is 0.233 e. The lowest BCUT2D eigenvalue weighted by Crippen LogP contribution is -2.29. The number of hydrazine groups is 1. The number of ether oxygens (including phenoxy) is 2. The van der Waals surface area contributed by atoms with E-state index in [4.69, 9.17) is 15.3 Å². The predicted octanol–water partition coefficient (Wildman–Crippen LogP) is 1.44. The second-order valence-corrected chi connectivity index (χ2v) is 4.29. The van der Waals surface area contributed by atoms with Gasteiger partial charge in [-0.3, -0.25) is 15.0 Å². The molecule has 6 heteroatoms. The van der Waals surface area contributed by atoms with E-state index in [9.17, 15) is 9.59 Å². The third-order valence-corrected chi connectivity index (χ3v) is 2.79. The summed E-state index contributed by atoms with van der Waals surface area (Å²) >= 11 is 0. The first-order chi connectivity index (χ1) is 9.58.